The predicted molar refractivity (Wildman–Crippen MR) is 135 cm³/mol. The van der Waals surface area contributed by atoms with Gasteiger partial charge in [0.1, 0.15) is 35.2 Å². The zero-order valence-electron chi connectivity index (χ0n) is 20.5. The van der Waals surface area contributed by atoms with Gasteiger partial charge in [0.25, 0.3) is 0 Å². The smallest absolute Gasteiger partial charge is 0.221 e. The van der Waals surface area contributed by atoms with E-state index in [1.807, 2.05) is 30.6 Å². The molecule has 2 saturated heterocycles. The quantitative estimate of drug-likeness (QED) is 0.516. The normalized spacial score (nSPS) is 29.8. The second-order valence-corrected chi connectivity index (χ2v) is 12.1. The van der Waals surface area contributed by atoms with E-state index in [1.54, 1.807) is 29.7 Å². The number of halogens is 2. The summed E-state index contributed by atoms with van der Waals surface area (Å²) in [6, 6.07) is 2.55. The molecule has 1 aromatic heterocycles. The van der Waals surface area contributed by atoms with E-state index in [9.17, 15) is 8.42 Å². The summed E-state index contributed by atoms with van der Waals surface area (Å²) < 4.78 is 60.6. The lowest BCUT2D eigenvalue weighted by atomic mass is 10.0. The third-order valence-electron chi connectivity index (χ3n) is 7.71. The van der Waals surface area contributed by atoms with Crippen LogP contribution in [0, 0.1) is 23.5 Å². The van der Waals surface area contributed by atoms with Gasteiger partial charge in [-0.1, -0.05) is 30.9 Å². The summed E-state index contributed by atoms with van der Waals surface area (Å²) in [5.74, 6) is -0.703. The molecular weight excluding hydrogens is 484 g/mol. The lowest BCUT2D eigenvalue weighted by Gasteiger charge is -2.37. The molecule has 0 N–H and O–H groups in total. The van der Waals surface area contributed by atoms with E-state index in [-0.39, 0.29) is 24.3 Å². The Balaban J connectivity index is 1.31. The van der Waals surface area contributed by atoms with Crippen molar-refractivity contribution in [1.29, 1.82) is 0 Å². The second-order valence-electron chi connectivity index (χ2n) is 10.0. The number of benzene rings is 1. The first-order valence-electron chi connectivity index (χ1n) is 12.3. The molecule has 3 fully saturated rings. The van der Waals surface area contributed by atoms with Crippen LogP contribution in [-0.2, 0) is 16.6 Å². The third kappa shape index (κ3) is 4.41. The van der Waals surface area contributed by atoms with Crippen molar-refractivity contribution in [3.63, 3.8) is 0 Å². The van der Waals surface area contributed by atoms with E-state index < -0.39 is 26.9 Å². The molecule has 10 heteroatoms. The van der Waals surface area contributed by atoms with Gasteiger partial charge in [-0.05, 0) is 50.0 Å². The number of nitrogens with zero attached hydrogens (tertiary/aromatic N) is 5. The van der Waals surface area contributed by atoms with Crippen molar-refractivity contribution < 1.29 is 17.2 Å². The molecular formula is C26H31F2N5O2S. The summed E-state index contributed by atoms with van der Waals surface area (Å²) in [7, 11) is -3.74. The maximum absolute atomic E-state index is 15.2. The van der Waals surface area contributed by atoms with Gasteiger partial charge in [0.05, 0.1) is 0 Å². The van der Waals surface area contributed by atoms with Gasteiger partial charge in [0.15, 0.2) is 0 Å². The average molecular weight is 516 g/mol. The summed E-state index contributed by atoms with van der Waals surface area (Å²) in [6.45, 7) is 8.71. The molecule has 1 aromatic carbocycles. The molecule has 1 saturated carbocycles. The van der Waals surface area contributed by atoms with Crippen LogP contribution >= 0.6 is 0 Å². The van der Waals surface area contributed by atoms with E-state index in [4.69, 9.17) is 0 Å². The molecule has 5 rings (SSSR count). The summed E-state index contributed by atoms with van der Waals surface area (Å²) >= 11 is 0. The van der Waals surface area contributed by atoms with E-state index in [0.29, 0.717) is 48.9 Å². The maximum atomic E-state index is 15.2. The topological polar surface area (TPSA) is 71.3 Å². The van der Waals surface area contributed by atoms with Crippen molar-refractivity contribution in [3.8, 4) is 0 Å². The van der Waals surface area contributed by atoms with Gasteiger partial charge < -0.3 is 9.47 Å². The third-order valence-corrected chi connectivity index (χ3v) is 10.1. The fourth-order valence-corrected chi connectivity index (χ4v) is 7.95. The molecule has 3 aliphatic rings. The molecule has 192 valence electrons. The van der Waals surface area contributed by atoms with E-state index in [2.05, 4.69) is 16.8 Å². The SMILES string of the molecule is C=C(/C=C\C=C/C)[C@H]1CC[C@H](C)N(Cc2cc(F)c(N3C[C@@H]4C(n5cnnc5)[C@@H]4C3)c(F)c2)S1(=O)=O. The van der Waals surface area contributed by atoms with Crippen molar-refractivity contribution in [2.24, 2.45) is 11.8 Å². The molecule has 0 bridgehead atoms. The minimum Gasteiger partial charge on any atom is -0.366 e. The fraction of sp³-hybridized carbons (Fsp3) is 0.462. The van der Waals surface area contributed by atoms with Crippen molar-refractivity contribution in [1.82, 2.24) is 19.1 Å². The zero-order chi connectivity index (χ0) is 25.6. The van der Waals surface area contributed by atoms with E-state index >= 15 is 8.78 Å². The zero-order valence-corrected chi connectivity index (χ0v) is 21.3. The number of fused-ring (bicyclic) bond motifs is 1. The Morgan fingerprint density at radius 1 is 1.11 bits per heavy atom. The number of allylic oxidation sites excluding steroid dienone is 4. The first-order valence-corrected chi connectivity index (χ1v) is 13.8. The first kappa shape index (κ1) is 24.8. The number of anilines is 1. The molecule has 1 unspecified atom stereocenters. The highest BCUT2D eigenvalue weighted by atomic mass is 32.2. The highest BCUT2D eigenvalue weighted by Gasteiger charge is 2.57. The number of hydrogen-bond acceptors (Lipinski definition) is 5. The van der Waals surface area contributed by atoms with Crippen molar-refractivity contribution in [2.45, 2.75) is 50.6 Å². The standard InChI is InChI=1S/C26H31F2N5O2S/c1-4-5-6-7-17(2)24-9-8-18(3)33(36(24,34)35)12-19-10-22(27)26(23(28)11-19)31-13-20-21(14-31)25(20)32-15-29-30-16-32/h4-7,10-11,15-16,18,20-21,24-25H,2,8-9,12-14H2,1,3H3/b5-4-,7-6-/t18-,20-,21+,24+,25?/m0/s1. The van der Waals surface area contributed by atoms with Crippen LogP contribution < -0.4 is 4.90 Å². The number of rotatable bonds is 7. The Morgan fingerprint density at radius 2 is 1.75 bits per heavy atom. The Morgan fingerprint density at radius 3 is 2.36 bits per heavy atom. The molecule has 0 amide bonds. The molecule has 5 atom stereocenters. The van der Waals surface area contributed by atoms with Crippen LogP contribution in [0.4, 0.5) is 14.5 Å². The molecule has 36 heavy (non-hydrogen) atoms. The first-order chi connectivity index (χ1) is 17.2. The number of hydrogen-bond donors (Lipinski definition) is 0. The molecule has 7 nitrogen and oxygen atoms in total. The molecule has 2 aromatic rings. The largest absolute Gasteiger partial charge is 0.366 e. The van der Waals surface area contributed by atoms with Crippen molar-refractivity contribution in [3.05, 3.63) is 78.4 Å². The molecule has 2 aliphatic heterocycles. The Hall–Kier alpha value is -2.85. The minimum atomic E-state index is -3.74. The predicted octanol–water partition coefficient (Wildman–Crippen LogP) is 4.23. The van der Waals surface area contributed by atoms with E-state index in [1.165, 1.54) is 16.4 Å². The van der Waals surface area contributed by atoms with Gasteiger partial charge in [-0.3, -0.25) is 0 Å². The summed E-state index contributed by atoms with van der Waals surface area (Å²) in [6.07, 6.45) is 11.6. The number of sulfonamides is 1. The van der Waals surface area contributed by atoms with Gasteiger partial charge in [0.2, 0.25) is 10.0 Å². The Bertz CT molecular complexity index is 1270. The van der Waals surface area contributed by atoms with Crippen LogP contribution in [0.3, 0.4) is 0 Å². The molecule has 0 radical (unpaired) electrons. The fourth-order valence-electron chi connectivity index (χ4n) is 5.79. The van der Waals surface area contributed by atoms with Crippen molar-refractivity contribution >= 4 is 15.7 Å². The average Bonchev–Trinajstić information content (AvgIpc) is 3.19. The monoisotopic (exact) mass is 515 g/mol. The summed E-state index contributed by atoms with van der Waals surface area (Å²) in [5.41, 5.74) is 0.769. The lowest BCUT2D eigenvalue weighted by molar-refractivity contribution is 0.286. The number of aromatic nitrogens is 3. The van der Waals surface area contributed by atoms with Gasteiger partial charge in [-0.2, -0.15) is 4.31 Å². The van der Waals surface area contributed by atoms with Crippen LogP contribution in [0.2, 0.25) is 0 Å². The van der Waals surface area contributed by atoms with Crippen LogP contribution in [0.5, 0.6) is 0 Å². The van der Waals surface area contributed by atoms with Gasteiger partial charge in [0, 0.05) is 43.6 Å². The van der Waals surface area contributed by atoms with Gasteiger partial charge >= 0.3 is 0 Å². The van der Waals surface area contributed by atoms with Crippen molar-refractivity contribution in [2.75, 3.05) is 18.0 Å². The highest BCUT2D eigenvalue weighted by molar-refractivity contribution is 7.90. The maximum Gasteiger partial charge on any atom is 0.221 e. The summed E-state index contributed by atoms with van der Waals surface area (Å²) in [5, 5.41) is 6.93. The number of piperidine rings is 1. The van der Waals surface area contributed by atoms with Gasteiger partial charge in [-0.15, -0.1) is 10.2 Å². The van der Waals surface area contributed by atoms with Crippen LogP contribution in [-0.4, -0.2) is 51.9 Å². The van der Waals surface area contributed by atoms with Crippen LogP contribution in [0.15, 0.2) is 61.2 Å². The Labute approximate surface area is 210 Å². The molecule has 3 heterocycles. The summed E-state index contributed by atoms with van der Waals surface area (Å²) in [4.78, 5) is 1.75. The van der Waals surface area contributed by atoms with E-state index in [0.717, 1.165) is 0 Å². The molecule has 0 spiro atoms. The van der Waals surface area contributed by atoms with Gasteiger partial charge in [-0.25, -0.2) is 17.2 Å². The Kier molecular flexibility index (Phi) is 6.59. The lowest BCUT2D eigenvalue weighted by Crippen LogP contribution is -2.48. The van der Waals surface area contributed by atoms with Crippen LogP contribution in [0.25, 0.3) is 0 Å². The highest BCUT2D eigenvalue weighted by Crippen LogP contribution is 2.56. The minimum absolute atomic E-state index is 0.0385. The second kappa shape index (κ2) is 9.55. The van der Waals surface area contributed by atoms with Crippen LogP contribution in [0.1, 0.15) is 38.3 Å². The molecule has 1 aliphatic carbocycles.